The lowest BCUT2D eigenvalue weighted by Crippen LogP contribution is -2.41. The Hall–Kier alpha value is -0.250. The number of benzene rings is 1. The summed E-state index contributed by atoms with van der Waals surface area (Å²) in [4.78, 5) is 0. The van der Waals surface area contributed by atoms with Gasteiger partial charge in [-0.15, -0.1) is 0 Å². The quantitative estimate of drug-likeness (QED) is 0.782. The van der Waals surface area contributed by atoms with E-state index in [1.54, 1.807) is 0 Å². The molecular weight excluding hydrogens is 350 g/mol. The summed E-state index contributed by atoms with van der Waals surface area (Å²) >= 11 is 9.70. The maximum Gasteiger partial charge on any atom is 0.138 e. The van der Waals surface area contributed by atoms with Crippen molar-refractivity contribution in [3.05, 3.63) is 27.7 Å². The Morgan fingerprint density at radius 1 is 1.33 bits per heavy atom. The first-order chi connectivity index (χ1) is 9.81. The average molecular weight is 375 g/mol. The van der Waals surface area contributed by atoms with Crippen molar-refractivity contribution in [2.75, 3.05) is 6.54 Å². The highest BCUT2D eigenvalue weighted by atomic mass is 79.9. The second-order valence-corrected chi connectivity index (χ2v) is 8.43. The summed E-state index contributed by atoms with van der Waals surface area (Å²) in [5.74, 6) is 1.85. The Morgan fingerprint density at radius 3 is 2.62 bits per heavy atom. The topological polar surface area (TPSA) is 35.2 Å². The van der Waals surface area contributed by atoms with Crippen LogP contribution in [0.5, 0.6) is 5.75 Å². The van der Waals surface area contributed by atoms with Gasteiger partial charge in [-0.3, -0.25) is 0 Å². The summed E-state index contributed by atoms with van der Waals surface area (Å²) in [6, 6.07) is 5.77. The van der Waals surface area contributed by atoms with E-state index in [0.717, 1.165) is 23.1 Å². The zero-order chi connectivity index (χ0) is 15.6. The number of rotatable bonds is 3. The molecule has 118 valence electrons. The molecule has 0 radical (unpaired) electrons. The average Bonchev–Trinajstić information content (AvgIpc) is 2.41. The van der Waals surface area contributed by atoms with Gasteiger partial charge in [-0.2, -0.15) is 0 Å². The van der Waals surface area contributed by atoms with Crippen molar-refractivity contribution in [3.8, 4) is 5.75 Å². The lowest BCUT2D eigenvalue weighted by atomic mass is 9.68. The maximum absolute atomic E-state index is 6.28. The van der Waals surface area contributed by atoms with Crippen molar-refractivity contribution in [2.45, 2.75) is 46.1 Å². The van der Waals surface area contributed by atoms with Gasteiger partial charge in [0, 0.05) is 10.4 Å². The number of hydrogen-bond acceptors (Lipinski definition) is 2. The summed E-state index contributed by atoms with van der Waals surface area (Å²) in [6.45, 7) is 7.61. The van der Waals surface area contributed by atoms with Gasteiger partial charge in [-0.05, 0) is 55.3 Å². The summed E-state index contributed by atoms with van der Waals surface area (Å²) in [5, 5.41) is 0.651. The largest absolute Gasteiger partial charge is 0.489 e. The van der Waals surface area contributed by atoms with E-state index in [0.29, 0.717) is 28.8 Å². The lowest BCUT2D eigenvalue weighted by molar-refractivity contribution is 0.0332. The molecule has 1 aromatic rings. The molecule has 0 heterocycles. The molecular formula is C17H25BrClNO. The first-order valence-electron chi connectivity index (χ1n) is 7.63. The molecule has 0 bridgehead atoms. The molecule has 4 heteroatoms. The van der Waals surface area contributed by atoms with Crippen molar-refractivity contribution in [2.24, 2.45) is 23.0 Å². The van der Waals surface area contributed by atoms with Crippen molar-refractivity contribution in [3.63, 3.8) is 0 Å². The second kappa shape index (κ2) is 6.89. The second-order valence-electron chi connectivity index (χ2n) is 7.10. The van der Waals surface area contributed by atoms with E-state index in [4.69, 9.17) is 22.1 Å². The van der Waals surface area contributed by atoms with Crippen LogP contribution in [0.2, 0.25) is 5.02 Å². The number of hydrogen-bond donors (Lipinski definition) is 1. The Morgan fingerprint density at radius 2 is 2.05 bits per heavy atom. The summed E-state index contributed by atoms with van der Waals surface area (Å²) in [6.07, 6.45) is 3.58. The van der Waals surface area contributed by atoms with Crippen molar-refractivity contribution in [1.82, 2.24) is 0 Å². The minimum Gasteiger partial charge on any atom is -0.489 e. The molecule has 0 aromatic heterocycles. The third kappa shape index (κ3) is 4.37. The van der Waals surface area contributed by atoms with E-state index in [2.05, 4.69) is 36.7 Å². The van der Waals surface area contributed by atoms with Crippen LogP contribution in [-0.2, 0) is 0 Å². The first kappa shape index (κ1) is 17.1. The van der Waals surface area contributed by atoms with E-state index in [1.807, 2.05) is 18.2 Å². The van der Waals surface area contributed by atoms with E-state index >= 15 is 0 Å². The molecule has 1 aromatic carbocycles. The predicted molar refractivity (Wildman–Crippen MR) is 92.9 cm³/mol. The Bertz CT molecular complexity index is 486. The van der Waals surface area contributed by atoms with E-state index < -0.39 is 0 Å². The van der Waals surface area contributed by atoms with Gasteiger partial charge >= 0.3 is 0 Å². The first-order valence-corrected chi connectivity index (χ1v) is 8.80. The Balaban J connectivity index is 2.14. The third-order valence-corrected chi connectivity index (χ3v) is 5.42. The van der Waals surface area contributed by atoms with Gasteiger partial charge in [-0.1, -0.05) is 48.3 Å². The van der Waals surface area contributed by atoms with Crippen LogP contribution >= 0.6 is 27.5 Å². The van der Waals surface area contributed by atoms with E-state index in [9.17, 15) is 0 Å². The lowest BCUT2D eigenvalue weighted by Gasteiger charge is -2.41. The Labute approximate surface area is 141 Å². The third-order valence-electron chi connectivity index (χ3n) is 4.63. The molecule has 3 atom stereocenters. The van der Waals surface area contributed by atoms with Gasteiger partial charge in [0.05, 0.1) is 5.02 Å². The molecule has 2 rings (SSSR count). The smallest absolute Gasteiger partial charge is 0.138 e. The standard InChI is InChI=1S/C17H25BrClNO/c1-17(2,3)12-5-4-11(10-20)16(8-12)21-15-7-6-13(18)9-14(15)19/h6-7,9,11-12,16H,4-5,8,10,20H2,1-3H3. The molecule has 21 heavy (non-hydrogen) atoms. The Kier molecular flexibility index (Phi) is 5.61. The summed E-state index contributed by atoms with van der Waals surface area (Å²) in [7, 11) is 0. The highest BCUT2D eigenvalue weighted by molar-refractivity contribution is 9.10. The SMILES string of the molecule is CC(C)(C)C1CCC(CN)C(Oc2ccc(Br)cc2Cl)C1. The molecule has 3 unspecified atom stereocenters. The van der Waals surface area contributed by atoms with Gasteiger partial charge in [0.2, 0.25) is 0 Å². The molecule has 1 saturated carbocycles. The zero-order valence-corrected chi connectivity index (χ0v) is 15.4. The fraction of sp³-hybridized carbons (Fsp3) is 0.647. The monoisotopic (exact) mass is 373 g/mol. The van der Waals surface area contributed by atoms with Crippen LogP contribution in [0.15, 0.2) is 22.7 Å². The normalized spacial score (nSPS) is 26.7. The number of ether oxygens (including phenoxy) is 1. The van der Waals surface area contributed by atoms with Gasteiger partial charge < -0.3 is 10.5 Å². The van der Waals surface area contributed by atoms with Crippen LogP contribution in [0.25, 0.3) is 0 Å². The fourth-order valence-corrected chi connectivity index (χ4v) is 3.84. The van der Waals surface area contributed by atoms with Crippen LogP contribution in [-0.4, -0.2) is 12.6 Å². The highest BCUT2D eigenvalue weighted by Gasteiger charge is 2.36. The summed E-state index contributed by atoms with van der Waals surface area (Å²) < 4.78 is 7.20. The van der Waals surface area contributed by atoms with Crippen molar-refractivity contribution < 1.29 is 4.74 Å². The van der Waals surface area contributed by atoms with E-state index in [-0.39, 0.29) is 6.10 Å². The molecule has 0 saturated heterocycles. The molecule has 1 aliphatic rings. The van der Waals surface area contributed by atoms with Gasteiger partial charge in [0.1, 0.15) is 11.9 Å². The van der Waals surface area contributed by atoms with Gasteiger partial charge in [0.25, 0.3) is 0 Å². The molecule has 1 aliphatic carbocycles. The predicted octanol–water partition coefficient (Wildman–Crippen LogP) is 5.27. The van der Waals surface area contributed by atoms with Crippen LogP contribution in [0.4, 0.5) is 0 Å². The van der Waals surface area contributed by atoms with Crippen LogP contribution in [0.1, 0.15) is 40.0 Å². The highest BCUT2D eigenvalue weighted by Crippen LogP contribution is 2.41. The minimum absolute atomic E-state index is 0.159. The number of halogens is 2. The van der Waals surface area contributed by atoms with Gasteiger partial charge in [0.15, 0.2) is 0 Å². The van der Waals surface area contributed by atoms with Crippen LogP contribution in [0, 0.1) is 17.3 Å². The minimum atomic E-state index is 0.159. The maximum atomic E-state index is 6.28. The van der Waals surface area contributed by atoms with E-state index in [1.165, 1.54) is 6.42 Å². The van der Waals surface area contributed by atoms with Crippen molar-refractivity contribution in [1.29, 1.82) is 0 Å². The molecule has 2 nitrogen and oxygen atoms in total. The number of nitrogens with two attached hydrogens (primary N) is 1. The van der Waals surface area contributed by atoms with Gasteiger partial charge in [-0.25, -0.2) is 0 Å². The summed E-state index contributed by atoms with van der Waals surface area (Å²) in [5.41, 5.74) is 6.25. The molecule has 1 fully saturated rings. The molecule has 0 aliphatic heterocycles. The zero-order valence-electron chi connectivity index (χ0n) is 13.0. The molecule has 2 N–H and O–H groups in total. The van der Waals surface area contributed by atoms with Crippen molar-refractivity contribution >= 4 is 27.5 Å². The molecule has 0 amide bonds. The van der Waals surface area contributed by atoms with Crippen LogP contribution < -0.4 is 10.5 Å². The van der Waals surface area contributed by atoms with Crippen LogP contribution in [0.3, 0.4) is 0 Å². The molecule has 0 spiro atoms. The fourth-order valence-electron chi connectivity index (χ4n) is 3.13.